The van der Waals surface area contributed by atoms with Crippen molar-refractivity contribution in [2.24, 2.45) is 0 Å². The second-order valence-corrected chi connectivity index (χ2v) is 5.69. The van der Waals surface area contributed by atoms with Crippen LogP contribution in [-0.4, -0.2) is 35.7 Å². The lowest BCUT2D eigenvalue weighted by Gasteiger charge is -2.28. The van der Waals surface area contributed by atoms with E-state index in [0.29, 0.717) is 6.42 Å². The van der Waals surface area contributed by atoms with Crippen LogP contribution in [0, 0.1) is 0 Å². The SMILES string of the molecule is COC(=O)C1CC2=C(C=CC2)N1C(=O)OC(C)(C)C. The summed E-state index contributed by atoms with van der Waals surface area (Å²) < 4.78 is 10.1. The van der Waals surface area contributed by atoms with Gasteiger partial charge >= 0.3 is 12.1 Å². The molecule has 0 aromatic heterocycles. The normalized spacial score (nSPS) is 21.7. The third-order valence-corrected chi connectivity index (χ3v) is 3.08. The summed E-state index contributed by atoms with van der Waals surface area (Å²) in [5.41, 5.74) is 1.27. The number of carbonyl (C=O) groups is 2. The molecule has 1 unspecified atom stereocenters. The Balaban J connectivity index is 2.24. The first-order valence-corrected chi connectivity index (χ1v) is 6.32. The van der Waals surface area contributed by atoms with Gasteiger partial charge in [0.1, 0.15) is 11.6 Å². The molecule has 1 heterocycles. The van der Waals surface area contributed by atoms with Crippen LogP contribution in [-0.2, 0) is 14.3 Å². The van der Waals surface area contributed by atoms with E-state index in [1.807, 2.05) is 12.2 Å². The Kier molecular flexibility index (Phi) is 3.39. The van der Waals surface area contributed by atoms with Gasteiger partial charge in [-0.15, -0.1) is 0 Å². The smallest absolute Gasteiger partial charge is 0.415 e. The molecule has 0 aromatic rings. The van der Waals surface area contributed by atoms with Crippen molar-refractivity contribution in [2.75, 3.05) is 7.11 Å². The largest absolute Gasteiger partial charge is 0.467 e. The van der Waals surface area contributed by atoms with Gasteiger partial charge in [-0.2, -0.15) is 0 Å². The summed E-state index contributed by atoms with van der Waals surface area (Å²) in [6, 6.07) is -0.602. The first kappa shape index (κ1) is 13.6. The molecule has 0 saturated carbocycles. The molecule has 1 amide bonds. The lowest BCUT2D eigenvalue weighted by molar-refractivity contribution is -0.145. The number of ether oxygens (including phenoxy) is 2. The van der Waals surface area contributed by atoms with Gasteiger partial charge in [-0.3, -0.25) is 4.90 Å². The molecule has 0 spiro atoms. The average molecular weight is 265 g/mol. The van der Waals surface area contributed by atoms with Crippen molar-refractivity contribution in [1.29, 1.82) is 0 Å². The van der Waals surface area contributed by atoms with Crippen LogP contribution in [0.25, 0.3) is 0 Å². The Morgan fingerprint density at radius 3 is 2.63 bits per heavy atom. The number of allylic oxidation sites excluding steroid dienone is 2. The van der Waals surface area contributed by atoms with Gasteiger partial charge in [0, 0.05) is 12.1 Å². The minimum Gasteiger partial charge on any atom is -0.467 e. The van der Waals surface area contributed by atoms with Crippen molar-refractivity contribution < 1.29 is 19.1 Å². The van der Waals surface area contributed by atoms with Crippen molar-refractivity contribution in [3.05, 3.63) is 23.4 Å². The van der Waals surface area contributed by atoms with Gasteiger partial charge < -0.3 is 9.47 Å². The maximum atomic E-state index is 12.3. The van der Waals surface area contributed by atoms with Gasteiger partial charge in [0.15, 0.2) is 0 Å². The maximum absolute atomic E-state index is 12.3. The lowest BCUT2D eigenvalue weighted by atomic mass is 10.1. The minimum atomic E-state index is -0.602. The van der Waals surface area contributed by atoms with Crippen molar-refractivity contribution in [3.63, 3.8) is 0 Å². The molecule has 2 rings (SSSR count). The molecule has 0 bridgehead atoms. The summed E-state index contributed by atoms with van der Waals surface area (Å²) in [6.07, 6.45) is 4.65. The zero-order valence-electron chi connectivity index (χ0n) is 11.7. The highest BCUT2D eigenvalue weighted by Gasteiger charge is 2.42. The number of methoxy groups -OCH3 is 1. The molecular formula is C14H19NO4. The van der Waals surface area contributed by atoms with E-state index in [9.17, 15) is 9.59 Å². The molecule has 5 nitrogen and oxygen atoms in total. The molecule has 0 N–H and O–H groups in total. The molecule has 1 aliphatic carbocycles. The standard InChI is InChI=1S/C14H19NO4/c1-14(2,3)19-13(17)15-10-7-5-6-9(10)8-11(15)12(16)18-4/h5,7,11H,6,8H2,1-4H3. The van der Waals surface area contributed by atoms with Gasteiger partial charge in [0.25, 0.3) is 0 Å². The Labute approximate surface area is 112 Å². The highest BCUT2D eigenvalue weighted by Crippen LogP contribution is 2.37. The second-order valence-electron chi connectivity index (χ2n) is 5.69. The third-order valence-electron chi connectivity index (χ3n) is 3.08. The number of hydrogen-bond acceptors (Lipinski definition) is 4. The molecule has 0 saturated heterocycles. The highest BCUT2D eigenvalue weighted by atomic mass is 16.6. The van der Waals surface area contributed by atoms with E-state index in [1.54, 1.807) is 20.8 Å². The van der Waals surface area contributed by atoms with Crippen molar-refractivity contribution in [1.82, 2.24) is 4.90 Å². The Hall–Kier alpha value is -1.78. The summed E-state index contributed by atoms with van der Waals surface area (Å²) in [7, 11) is 1.33. The molecule has 1 atom stereocenters. The number of rotatable bonds is 1. The zero-order chi connectivity index (χ0) is 14.2. The number of amides is 1. The summed E-state index contributed by atoms with van der Waals surface area (Å²) in [6.45, 7) is 5.40. The topological polar surface area (TPSA) is 55.8 Å². The average Bonchev–Trinajstić information content (AvgIpc) is 2.84. The molecule has 0 radical (unpaired) electrons. The molecule has 19 heavy (non-hydrogen) atoms. The Morgan fingerprint density at radius 2 is 2.05 bits per heavy atom. The fourth-order valence-electron chi connectivity index (χ4n) is 2.33. The highest BCUT2D eigenvalue weighted by molar-refractivity contribution is 5.85. The van der Waals surface area contributed by atoms with E-state index in [0.717, 1.165) is 17.7 Å². The van der Waals surface area contributed by atoms with Gasteiger partial charge in [-0.1, -0.05) is 6.08 Å². The van der Waals surface area contributed by atoms with Crippen LogP contribution in [0.15, 0.2) is 23.4 Å². The van der Waals surface area contributed by atoms with Crippen LogP contribution in [0.3, 0.4) is 0 Å². The van der Waals surface area contributed by atoms with Gasteiger partial charge in [0.2, 0.25) is 0 Å². The van der Waals surface area contributed by atoms with Crippen LogP contribution >= 0.6 is 0 Å². The number of hydrogen-bond donors (Lipinski definition) is 0. The lowest BCUT2D eigenvalue weighted by Crippen LogP contribution is -2.43. The van der Waals surface area contributed by atoms with Gasteiger partial charge in [0.05, 0.1) is 7.11 Å². The van der Waals surface area contributed by atoms with Crippen molar-refractivity contribution in [2.45, 2.75) is 45.3 Å². The summed E-state index contributed by atoms with van der Waals surface area (Å²) in [5.74, 6) is -0.409. The molecule has 0 aromatic carbocycles. The molecule has 1 aliphatic heterocycles. The van der Waals surface area contributed by atoms with Crippen LogP contribution in [0.1, 0.15) is 33.6 Å². The summed E-state index contributed by atoms with van der Waals surface area (Å²) >= 11 is 0. The fraction of sp³-hybridized carbons (Fsp3) is 0.571. The van der Waals surface area contributed by atoms with Crippen molar-refractivity contribution >= 4 is 12.1 Å². The quantitative estimate of drug-likeness (QED) is 0.683. The monoisotopic (exact) mass is 265 g/mol. The van der Waals surface area contributed by atoms with Crippen LogP contribution in [0.4, 0.5) is 4.79 Å². The van der Waals surface area contributed by atoms with E-state index in [4.69, 9.17) is 9.47 Å². The van der Waals surface area contributed by atoms with E-state index < -0.39 is 23.7 Å². The van der Waals surface area contributed by atoms with E-state index >= 15 is 0 Å². The molecule has 104 valence electrons. The maximum Gasteiger partial charge on any atom is 0.415 e. The zero-order valence-corrected chi connectivity index (χ0v) is 11.7. The number of esters is 1. The Bertz CT molecular complexity index is 470. The predicted octanol–water partition coefficient (Wildman–Crippen LogP) is 2.38. The van der Waals surface area contributed by atoms with Gasteiger partial charge in [-0.05, 0) is 38.8 Å². The Morgan fingerprint density at radius 1 is 1.37 bits per heavy atom. The van der Waals surface area contributed by atoms with Crippen molar-refractivity contribution in [3.8, 4) is 0 Å². The van der Waals surface area contributed by atoms with E-state index in [2.05, 4.69) is 0 Å². The first-order valence-electron chi connectivity index (χ1n) is 6.32. The summed E-state index contributed by atoms with van der Waals surface area (Å²) in [5, 5.41) is 0. The third kappa shape index (κ3) is 2.64. The van der Waals surface area contributed by atoms with Crippen LogP contribution < -0.4 is 0 Å². The second kappa shape index (κ2) is 4.72. The molecular weight excluding hydrogens is 246 g/mol. The van der Waals surface area contributed by atoms with Crippen LogP contribution in [0.2, 0.25) is 0 Å². The number of nitrogens with zero attached hydrogens (tertiary/aromatic N) is 1. The summed E-state index contributed by atoms with van der Waals surface area (Å²) in [4.78, 5) is 25.5. The fourth-order valence-corrected chi connectivity index (χ4v) is 2.33. The van der Waals surface area contributed by atoms with Gasteiger partial charge in [-0.25, -0.2) is 9.59 Å². The molecule has 5 heteroatoms. The van der Waals surface area contributed by atoms with Crippen LogP contribution in [0.5, 0.6) is 0 Å². The first-order chi connectivity index (χ1) is 8.83. The molecule has 2 aliphatic rings. The molecule has 0 fully saturated rings. The predicted molar refractivity (Wildman–Crippen MR) is 69.3 cm³/mol. The number of carbonyl (C=O) groups excluding carboxylic acids is 2. The minimum absolute atomic E-state index is 0.409. The van der Waals surface area contributed by atoms with E-state index in [-0.39, 0.29) is 0 Å². The van der Waals surface area contributed by atoms with E-state index in [1.165, 1.54) is 12.0 Å².